The number of aryl methyl sites for hydroxylation is 1. The number of ether oxygens (including phenoxy) is 2. The number of benzene rings is 3. The number of carbonyl (C=O) groups excluding carboxylic acids is 2. The first-order valence-corrected chi connectivity index (χ1v) is 9.52. The largest absolute Gasteiger partial charge is 0.452 e. The van der Waals surface area contributed by atoms with Crippen molar-refractivity contribution in [1.29, 1.82) is 0 Å². The van der Waals surface area contributed by atoms with Gasteiger partial charge in [-0.15, -0.1) is 0 Å². The monoisotopic (exact) mass is 395 g/mol. The smallest absolute Gasteiger partial charge is 0.343 e. The van der Waals surface area contributed by atoms with Gasteiger partial charge in [-0.2, -0.15) is 0 Å². The number of hydrogen-bond donors (Lipinski definition) is 1. The van der Waals surface area contributed by atoms with Crippen molar-refractivity contribution in [2.24, 2.45) is 0 Å². The van der Waals surface area contributed by atoms with E-state index in [1.165, 1.54) is 0 Å². The minimum Gasteiger partial charge on any atom is -0.452 e. The van der Waals surface area contributed by atoms with Crippen molar-refractivity contribution in [2.45, 2.75) is 6.92 Å². The molecule has 0 amide bonds. The van der Waals surface area contributed by atoms with Gasteiger partial charge in [0.2, 0.25) is 5.78 Å². The molecular weight excluding hydrogens is 378 g/mol. The molecular formula is C25H17NO4. The van der Waals surface area contributed by atoms with E-state index in [1.807, 2.05) is 49.5 Å². The molecule has 0 unspecified atom stereocenters. The minimum absolute atomic E-state index is 0.202. The molecule has 1 aliphatic heterocycles. The highest BCUT2D eigenvalue weighted by Crippen LogP contribution is 2.35. The van der Waals surface area contributed by atoms with Crippen molar-refractivity contribution >= 4 is 28.7 Å². The zero-order chi connectivity index (χ0) is 20.7. The molecule has 0 saturated carbocycles. The number of fused-ring (bicyclic) bond motifs is 2. The molecule has 1 N–H and O–H groups in total. The number of H-pyrrole nitrogens is 1. The molecule has 146 valence electrons. The van der Waals surface area contributed by atoms with Crippen LogP contribution >= 0.6 is 0 Å². The Hall–Kier alpha value is -4.12. The van der Waals surface area contributed by atoms with Crippen molar-refractivity contribution < 1.29 is 19.1 Å². The molecule has 0 atom stereocenters. The molecule has 5 nitrogen and oxygen atoms in total. The van der Waals surface area contributed by atoms with Crippen LogP contribution in [0, 0.1) is 6.92 Å². The second kappa shape index (κ2) is 7.04. The quantitative estimate of drug-likeness (QED) is 0.290. The van der Waals surface area contributed by atoms with Gasteiger partial charge in [-0.1, -0.05) is 35.9 Å². The Bertz CT molecular complexity index is 1330. The second-order valence-corrected chi connectivity index (χ2v) is 7.14. The molecule has 0 bridgehead atoms. The van der Waals surface area contributed by atoms with Crippen LogP contribution in [0.3, 0.4) is 0 Å². The van der Waals surface area contributed by atoms with Gasteiger partial charge in [0.15, 0.2) is 5.76 Å². The van der Waals surface area contributed by atoms with Crippen LogP contribution in [0.15, 0.2) is 78.7 Å². The predicted molar refractivity (Wildman–Crippen MR) is 114 cm³/mol. The maximum atomic E-state index is 12.7. The predicted octanol–water partition coefficient (Wildman–Crippen LogP) is 5.31. The van der Waals surface area contributed by atoms with Crippen LogP contribution in [0.1, 0.15) is 31.8 Å². The lowest BCUT2D eigenvalue weighted by atomic mass is 10.1. The van der Waals surface area contributed by atoms with Gasteiger partial charge < -0.3 is 14.5 Å². The molecule has 1 aliphatic rings. The summed E-state index contributed by atoms with van der Waals surface area (Å²) in [6.07, 6.45) is 3.56. The fraction of sp³-hybridized carbons (Fsp3) is 0.0400. The molecule has 5 rings (SSSR count). The van der Waals surface area contributed by atoms with E-state index in [0.717, 1.165) is 22.0 Å². The topological polar surface area (TPSA) is 68.4 Å². The Morgan fingerprint density at radius 1 is 1.03 bits per heavy atom. The van der Waals surface area contributed by atoms with E-state index in [2.05, 4.69) is 4.98 Å². The SMILES string of the molecule is Cc1ccc(C(=O)Oc2ccc3c(c2)OC(=Cc2c[nH]c4ccccc24)C3=O)cc1. The average molecular weight is 395 g/mol. The third-order valence-electron chi connectivity index (χ3n) is 5.05. The molecule has 0 aliphatic carbocycles. The second-order valence-electron chi connectivity index (χ2n) is 7.14. The van der Waals surface area contributed by atoms with Crippen LogP contribution in [0.4, 0.5) is 0 Å². The van der Waals surface area contributed by atoms with E-state index in [4.69, 9.17) is 9.47 Å². The summed E-state index contributed by atoms with van der Waals surface area (Å²) in [5, 5.41) is 1.00. The van der Waals surface area contributed by atoms with Gasteiger partial charge in [0, 0.05) is 28.7 Å². The zero-order valence-electron chi connectivity index (χ0n) is 16.1. The zero-order valence-corrected chi connectivity index (χ0v) is 16.1. The fourth-order valence-corrected chi connectivity index (χ4v) is 3.44. The van der Waals surface area contributed by atoms with Crippen molar-refractivity contribution in [3.8, 4) is 11.5 Å². The van der Waals surface area contributed by atoms with Crippen molar-refractivity contribution in [1.82, 2.24) is 4.98 Å². The summed E-state index contributed by atoms with van der Waals surface area (Å²) in [4.78, 5) is 28.3. The van der Waals surface area contributed by atoms with E-state index in [0.29, 0.717) is 22.6 Å². The standard InChI is InChI=1S/C25H17NO4/c1-15-6-8-16(9-7-15)25(28)29-18-10-11-20-22(13-18)30-23(24(20)27)12-17-14-26-21-5-3-2-4-19(17)21/h2-14,26H,1H3. The average Bonchev–Trinajstić information content (AvgIpc) is 3.30. The highest BCUT2D eigenvalue weighted by atomic mass is 16.5. The first-order chi connectivity index (χ1) is 14.6. The summed E-state index contributed by atoms with van der Waals surface area (Å²) in [6, 6.07) is 19.8. The number of para-hydroxylation sites is 1. The van der Waals surface area contributed by atoms with E-state index in [-0.39, 0.29) is 11.5 Å². The number of aromatic nitrogens is 1. The Balaban J connectivity index is 1.40. The van der Waals surface area contributed by atoms with Crippen molar-refractivity contribution in [3.05, 3.63) is 101 Å². The number of Topliss-reactive ketones (excluding diaryl/α,β-unsaturated/α-hetero) is 1. The highest BCUT2D eigenvalue weighted by molar-refractivity contribution is 6.15. The Labute approximate surface area is 172 Å². The molecule has 0 fully saturated rings. The van der Waals surface area contributed by atoms with Gasteiger partial charge >= 0.3 is 5.97 Å². The molecule has 0 spiro atoms. The molecule has 30 heavy (non-hydrogen) atoms. The number of allylic oxidation sites excluding steroid dienone is 1. The molecule has 5 heteroatoms. The van der Waals surface area contributed by atoms with Gasteiger partial charge in [-0.05, 0) is 43.3 Å². The summed E-state index contributed by atoms with van der Waals surface area (Å²) < 4.78 is 11.2. The molecule has 3 aromatic carbocycles. The van der Waals surface area contributed by atoms with E-state index >= 15 is 0 Å². The lowest BCUT2D eigenvalue weighted by Gasteiger charge is -2.06. The number of esters is 1. The van der Waals surface area contributed by atoms with Crippen LogP contribution in [-0.2, 0) is 0 Å². The van der Waals surface area contributed by atoms with E-state index in [9.17, 15) is 9.59 Å². The van der Waals surface area contributed by atoms with E-state index in [1.54, 1.807) is 36.4 Å². The minimum atomic E-state index is -0.464. The number of ketones is 1. The van der Waals surface area contributed by atoms with Gasteiger partial charge in [0.25, 0.3) is 0 Å². The fourth-order valence-electron chi connectivity index (χ4n) is 3.44. The molecule has 4 aromatic rings. The van der Waals surface area contributed by atoms with Gasteiger partial charge in [0.1, 0.15) is 11.5 Å². The highest BCUT2D eigenvalue weighted by Gasteiger charge is 2.28. The first-order valence-electron chi connectivity index (χ1n) is 9.52. The lowest BCUT2D eigenvalue weighted by molar-refractivity contribution is 0.0734. The Morgan fingerprint density at radius 2 is 1.83 bits per heavy atom. The number of hydrogen-bond acceptors (Lipinski definition) is 4. The third kappa shape index (κ3) is 3.16. The van der Waals surface area contributed by atoms with Crippen molar-refractivity contribution in [2.75, 3.05) is 0 Å². The van der Waals surface area contributed by atoms with Crippen molar-refractivity contribution in [3.63, 3.8) is 0 Å². The Kier molecular flexibility index (Phi) is 4.21. The molecule has 0 saturated heterocycles. The maximum Gasteiger partial charge on any atom is 0.343 e. The van der Waals surface area contributed by atoms with E-state index < -0.39 is 5.97 Å². The number of aromatic amines is 1. The van der Waals surface area contributed by atoms with Gasteiger partial charge in [-0.3, -0.25) is 4.79 Å². The lowest BCUT2D eigenvalue weighted by Crippen LogP contribution is -2.08. The molecule has 0 radical (unpaired) electrons. The summed E-state index contributed by atoms with van der Waals surface area (Å²) in [5.41, 5.74) is 3.81. The third-order valence-corrected chi connectivity index (χ3v) is 5.05. The summed E-state index contributed by atoms with van der Waals surface area (Å²) in [6.45, 7) is 1.95. The molecule has 2 heterocycles. The number of nitrogens with one attached hydrogen (secondary N) is 1. The Morgan fingerprint density at radius 3 is 2.67 bits per heavy atom. The van der Waals surface area contributed by atoms with Crippen LogP contribution < -0.4 is 9.47 Å². The van der Waals surface area contributed by atoms with Crippen LogP contribution in [0.5, 0.6) is 11.5 Å². The molecule has 1 aromatic heterocycles. The van der Waals surface area contributed by atoms with Crippen LogP contribution in [0.2, 0.25) is 0 Å². The maximum absolute atomic E-state index is 12.7. The van der Waals surface area contributed by atoms with Crippen LogP contribution in [-0.4, -0.2) is 16.7 Å². The summed E-state index contributed by atoms with van der Waals surface area (Å²) >= 11 is 0. The van der Waals surface area contributed by atoms with Crippen LogP contribution in [0.25, 0.3) is 17.0 Å². The first kappa shape index (κ1) is 17.9. The normalized spacial score (nSPS) is 14.0. The summed E-state index contributed by atoms with van der Waals surface area (Å²) in [5.74, 6) is 0.262. The van der Waals surface area contributed by atoms with Gasteiger partial charge in [0.05, 0.1) is 11.1 Å². The number of rotatable bonds is 3. The van der Waals surface area contributed by atoms with Gasteiger partial charge in [-0.25, -0.2) is 4.79 Å². The number of carbonyl (C=O) groups is 2. The summed E-state index contributed by atoms with van der Waals surface area (Å²) in [7, 11) is 0.